The predicted octanol–water partition coefficient (Wildman–Crippen LogP) is 3.28. The number of rotatable bonds is 3. The van der Waals surface area contributed by atoms with Gasteiger partial charge in [0.05, 0.1) is 17.6 Å². The van der Waals surface area contributed by atoms with E-state index in [1.54, 1.807) is 12.4 Å². The van der Waals surface area contributed by atoms with Gasteiger partial charge >= 0.3 is 0 Å². The van der Waals surface area contributed by atoms with Crippen molar-refractivity contribution in [1.29, 1.82) is 0 Å². The molecule has 1 aliphatic carbocycles. The largest absolute Gasteiger partial charge is 0.330 e. The van der Waals surface area contributed by atoms with Crippen LogP contribution in [0, 0.1) is 0 Å². The van der Waals surface area contributed by atoms with E-state index in [1.807, 2.05) is 19.1 Å². The number of hydrogen-bond donors (Lipinski definition) is 2. The summed E-state index contributed by atoms with van der Waals surface area (Å²) in [4.78, 5) is 4.03. The third-order valence-corrected chi connectivity index (χ3v) is 3.95. The number of nitrogens with zero attached hydrogens (tertiary/aromatic N) is 2. The molecule has 22 heavy (non-hydrogen) atoms. The molecule has 0 atom stereocenters. The van der Waals surface area contributed by atoms with Gasteiger partial charge in [-0.05, 0) is 73.3 Å². The molecule has 0 bridgehead atoms. The highest BCUT2D eigenvalue weighted by molar-refractivity contribution is 7.80. The lowest BCUT2D eigenvalue weighted by atomic mass is 10.0. The lowest BCUT2D eigenvalue weighted by molar-refractivity contribution is 0.911. The van der Waals surface area contributed by atoms with Crippen molar-refractivity contribution in [3.8, 4) is 0 Å². The molecule has 0 saturated heterocycles. The van der Waals surface area contributed by atoms with Gasteiger partial charge in [-0.25, -0.2) is 0 Å². The Morgan fingerprint density at radius 3 is 2.91 bits per heavy atom. The van der Waals surface area contributed by atoms with Crippen molar-refractivity contribution in [3.63, 3.8) is 0 Å². The molecule has 0 aliphatic heterocycles. The average molecular weight is 310 g/mol. The fourth-order valence-corrected chi connectivity index (χ4v) is 2.76. The first-order valence-corrected chi connectivity index (χ1v) is 7.77. The van der Waals surface area contributed by atoms with Crippen molar-refractivity contribution in [2.75, 3.05) is 5.32 Å². The third kappa shape index (κ3) is 3.49. The Morgan fingerprint density at radius 1 is 1.23 bits per heavy atom. The van der Waals surface area contributed by atoms with Crippen LogP contribution in [-0.2, 0) is 12.8 Å². The molecule has 112 valence electrons. The third-order valence-electron chi connectivity index (χ3n) is 3.76. The van der Waals surface area contributed by atoms with Gasteiger partial charge in [0.2, 0.25) is 0 Å². The summed E-state index contributed by atoms with van der Waals surface area (Å²) in [6.45, 7) is 1.98. The molecule has 1 aliphatic rings. The van der Waals surface area contributed by atoms with E-state index < -0.39 is 0 Å². The molecular weight excluding hydrogens is 292 g/mol. The summed E-state index contributed by atoms with van der Waals surface area (Å²) in [6, 6.07) is 10.3. The van der Waals surface area contributed by atoms with E-state index in [2.05, 4.69) is 39.0 Å². The quantitative estimate of drug-likeness (QED) is 0.519. The lowest BCUT2D eigenvalue weighted by Crippen LogP contribution is -2.25. The second-order valence-electron chi connectivity index (χ2n) is 5.34. The molecule has 2 N–H and O–H groups in total. The van der Waals surface area contributed by atoms with Crippen molar-refractivity contribution >= 4 is 28.7 Å². The van der Waals surface area contributed by atoms with Crippen LogP contribution in [0.25, 0.3) is 0 Å². The average Bonchev–Trinajstić information content (AvgIpc) is 3.01. The highest BCUT2D eigenvalue weighted by Crippen LogP contribution is 2.23. The Balaban J connectivity index is 1.63. The molecule has 0 fully saturated rings. The Bertz CT molecular complexity index is 710. The minimum absolute atomic E-state index is 0.452. The Kier molecular flexibility index (Phi) is 4.44. The molecule has 5 heteroatoms. The molecular formula is C17H18N4S. The maximum Gasteiger partial charge on any atom is 0.191 e. The van der Waals surface area contributed by atoms with Crippen LogP contribution in [0.3, 0.4) is 0 Å². The molecule has 0 saturated carbocycles. The van der Waals surface area contributed by atoms with Crippen LogP contribution >= 0.6 is 12.2 Å². The second kappa shape index (κ2) is 6.66. The molecule has 2 aromatic rings. The minimum Gasteiger partial charge on any atom is -0.330 e. The number of aryl methyl sites for hydroxylation is 2. The van der Waals surface area contributed by atoms with Crippen molar-refractivity contribution in [3.05, 3.63) is 59.4 Å². The summed E-state index contributed by atoms with van der Waals surface area (Å²) in [7, 11) is 0. The first-order valence-electron chi connectivity index (χ1n) is 7.36. The standard InChI is InChI=1S/C17H18N4S/c1-12(14-8-7-13-4-2-5-15(13)10-14)20-21-17(22)19-16-6-3-9-18-11-16/h3,6-11H,2,4-5H2,1H3,(H2,19,21,22). The molecule has 0 amide bonds. The van der Waals surface area contributed by atoms with Gasteiger partial charge in [-0.15, -0.1) is 0 Å². The molecule has 1 heterocycles. The number of nitrogens with one attached hydrogen (secondary N) is 2. The van der Waals surface area contributed by atoms with Gasteiger partial charge in [-0.3, -0.25) is 10.4 Å². The molecule has 0 unspecified atom stereocenters. The van der Waals surface area contributed by atoms with Crippen molar-refractivity contribution in [1.82, 2.24) is 10.4 Å². The summed E-state index contributed by atoms with van der Waals surface area (Å²) in [5.74, 6) is 0. The van der Waals surface area contributed by atoms with Crippen LogP contribution in [0.15, 0.2) is 47.8 Å². The van der Waals surface area contributed by atoms with Gasteiger partial charge in [0.25, 0.3) is 0 Å². The van der Waals surface area contributed by atoms with E-state index in [4.69, 9.17) is 12.2 Å². The molecule has 0 radical (unpaired) electrons. The number of benzene rings is 1. The normalized spacial score (nSPS) is 13.6. The van der Waals surface area contributed by atoms with Gasteiger partial charge in [-0.2, -0.15) is 5.10 Å². The van der Waals surface area contributed by atoms with Crippen LogP contribution in [0.4, 0.5) is 5.69 Å². The molecule has 1 aromatic carbocycles. The summed E-state index contributed by atoms with van der Waals surface area (Å²) in [5, 5.41) is 7.85. The highest BCUT2D eigenvalue weighted by Gasteiger charge is 2.11. The Hall–Kier alpha value is -2.27. The van der Waals surface area contributed by atoms with E-state index >= 15 is 0 Å². The first kappa shape index (κ1) is 14.7. The van der Waals surface area contributed by atoms with E-state index in [-0.39, 0.29) is 0 Å². The first-order chi connectivity index (χ1) is 10.7. The van der Waals surface area contributed by atoms with Gasteiger partial charge < -0.3 is 5.32 Å². The maximum absolute atomic E-state index is 5.23. The van der Waals surface area contributed by atoms with E-state index in [0.717, 1.165) is 17.0 Å². The zero-order valence-corrected chi connectivity index (χ0v) is 13.3. The molecule has 0 spiro atoms. The number of pyridine rings is 1. The lowest BCUT2D eigenvalue weighted by Gasteiger charge is -2.08. The summed E-state index contributed by atoms with van der Waals surface area (Å²) in [6.07, 6.45) is 7.06. The van der Waals surface area contributed by atoms with Crippen LogP contribution in [-0.4, -0.2) is 15.8 Å². The van der Waals surface area contributed by atoms with Crippen LogP contribution < -0.4 is 10.7 Å². The SMILES string of the molecule is CC(=NNC(=S)Nc1cccnc1)c1ccc2c(c1)CCC2. The van der Waals surface area contributed by atoms with Gasteiger partial charge in [0.15, 0.2) is 5.11 Å². The molecule has 1 aromatic heterocycles. The summed E-state index contributed by atoms with van der Waals surface area (Å²) < 4.78 is 0. The van der Waals surface area contributed by atoms with Crippen molar-refractivity contribution in [2.45, 2.75) is 26.2 Å². The summed E-state index contributed by atoms with van der Waals surface area (Å²) >= 11 is 5.23. The summed E-state index contributed by atoms with van der Waals surface area (Å²) in [5.41, 5.74) is 8.69. The van der Waals surface area contributed by atoms with Crippen molar-refractivity contribution in [2.24, 2.45) is 5.10 Å². The van der Waals surface area contributed by atoms with E-state index in [1.165, 1.54) is 30.4 Å². The van der Waals surface area contributed by atoms with Gasteiger partial charge in [0.1, 0.15) is 0 Å². The predicted molar refractivity (Wildman–Crippen MR) is 94.3 cm³/mol. The number of hydrazone groups is 1. The number of hydrogen-bond acceptors (Lipinski definition) is 3. The number of fused-ring (bicyclic) bond motifs is 1. The smallest absolute Gasteiger partial charge is 0.191 e. The minimum atomic E-state index is 0.452. The van der Waals surface area contributed by atoms with Crippen LogP contribution in [0.5, 0.6) is 0 Å². The number of thiocarbonyl (C=S) groups is 1. The highest BCUT2D eigenvalue weighted by atomic mass is 32.1. The van der Waals surface area contributed by atoms with Crippen LogP contribution in [0.2, 0.25) is 0 Å². The Morgan fingerprint density at radius 2 is 2.09 bits per heavy atom. The monoisotopic (exact) mass is 310 g/mol. The number of anilines is 1. The zero-order valence-electron chi connectivity index (χ0n) is 12.5. The number of aromatic nitrogens is 1. The van der Waals surface area contributed by atoms with E-state index in [0.29, 0.717) is 5.11 Å². The van der Waals surface area contributed by atoms with Gasteiger partial charge in [-0.1, -0.05) is 12.1 Å². The second-order valence-corrected chi connectivity index (χ2v) is 5.75. The zero-order chi connectivity index (χ0) is 15.4. The Labute approximate surface area is 135 Å². The fourth-order valence-electron chi connectivity index (χ4n) is 2.59. The fraction of sp³-hybridized carbons (Fsp3) is 0.235. The van der Waals surface area contributed by atoms with Crippen LogP contribution in [0.1, 0.15) is 30.0 Å². The molecule has 3 rings (SSSR count). The van der Waals surface area contributed by atoms with Gasteiger partial charge in [0, 0.05) is 6.20 Å². The van der Waals surface area contributed by atoms with E-state index in [9.17, 15) is 0 Å². The molecule has 4 nitrogen and oxygen atoms in total. The maximum atomic E-state index is 5.23. The topological polar surface area (TPSA) is 49.3 Å². The van der Waals surface area contributed by atoms with Crippen molar-refractivity contribution < 1.29 is 0 Å².